The summed E-state index contributed by atoms with van der Waals surface area (Å²) < 4.78 is 28.9. The van der Waals surface area contributed by atoms with Crippen molar-refractivity contribution in [1.29, 1.82) is 0 Å². The van der Waals surface area contributed by atoms with Crippen LogP contribution in [0.15, 0.2) is 41.7 Å². The molecule has 0 saturated carbocycles. The lowest BCUT2D eigenvalue weighted by molar-refractivity contribution is 0.188. The van der Waals surface area contributed by atoms with E-state index in [1.54, 1.807) is 23.1 Å². The fourth-order valence-electron chi connectivity index (χ4n) is 2.94. The normalized spacial score (nSPS) is 15.9. The van der Waals surface area contributed by atoms with Crippen LogP contribution in [0, 0.1) is 13.8 Å². The highest BCUT2D eigenvalue weighted by atomic mass is 32.2. The van der Waals surface area contributed by atoms with Gasteiger partial charge in [0.25, 0.3) is 0 Å². The molecule has 3 heterocycles. The third kappa shape index (κ3) is 3.01. The monoisotopic (exact) mass is 373 g/mol. The molecule has 0 aliphatic carbocycles. The van der Waals surface area contributed by atoms with E-state index in [1.807, 2.05) is 32.2 Å². The van der Waals surface area contributed by atoms with Crippen LogP contribution >= 0.6 is 0 Å². The molecular weight excluding hydrogens is 354 g/mol. The van der Waals surface area contributed by atoms with Crippen molar-refractivity contribution < 1.29 is 8.42 Å². The Balaban J connectivity index is 1.45. The van der Waals surface area contributed by atoms with Crippen LogP contribution in [0.4, 0.5) is 0 Å². The lowest BCUT2D eigenvalue weighted by Gasteiger charge is -2.37. The van der Waals surface area contributed by atoms with Gasteiger partial charge in [-0.15, -0.1) is 5.10 Å². The number of rotatable bonds is 5. The predicted molar refractivity (Wildman–Crippen MR) is 92.9 cm³/mol. The Kier molecular flexibility index (Phi) is 4.08. The Morgan fingerprint density at radius 3 is 2.62 bits per heavy atom. The van der Waals surface area contributed by atoms with Gasteiger partial charge in [0.1, 0.15) is 12.2 Å². The Morgan fingerprint density at radius 1 is 1.15 bits per heavy atom. The SMILES string of the molecule is Cc1ccc(C)c(S(=O)(=O)N2CC(n3cc(Cn4nccn4)nn3)C2)c1. The van der Waals surface area contributed by atoms with Crippen LogP contribution < -0.4 is 0 Å². The van der Waals surface area contributed by atoms with Crippen LogP contribution in [0.25, 0.3) is 0 Å². The maximum atomic E-state index is 12.8. The van der Waals surface area contributed by atoms with Gasteiger partial charge in [0, 0.05) is 13.1 Å². The highest BCUT2D eigenvalue weighted by Crippen LogP contribution is 2.29. The predicted octanol–water partition coefficient (Wildman–Crippen LogP) is 0.780. The molecule has 0 radical (unpaired) electrons. The minimum atomic E-state index is -3.48. The molecular formula is C16H19N7O2S. The fourth-order valence-corrected chi connectivity index (χ4v) is 4.76. The molecule has 0 unspecified atom stereocenters. The summed E-state index contributed by atoms with van der Waals surface area (Å²) in [6, 6.07) is 5.47. The third-order valence-corrected chi connectivity index (χ3v) is 6.47. The number of benzene rings is 1. The molecule has 9 nitrogen and oxygen atoms in total. The van der Waals surface area contributed by atoms with E-state index in [0.717, 1.165) is 16.8 Å². The summed E-state index contributed by atoms with van der Waals surface area (Å²) in [5, 5.41) is 16.3. The van der Waals surface area contributed by atoms with Gasteiger partial charge < -0.3 is 0 Å². The summed E-state index contributed by atoms with van der Waals surface area (Å²) in [5.74, 6) is 0. The lowest BCUT2D eigenvalue weighted by Crippen LogP contribution is -2.50. The molecule has 26 heavy (non-hydrogen) atoms. The van der Waals surface area contributed by atoms with Crippen LogP contribution in [-0.4, -0.2) is 55.8 Å². The molecule has 1 saturated heterocycles. The molecule has 0 amide bonds. The van der Waals surface area contributed by atoms with Crippen molar-refractivity contribution in [2.45, 2.75) is 31.3 Å². The largest absolute Gasteiger partial charge is 0.246 e. The number of sulfonamides is 1. The van der Waals surface area contributed by atoms with Crippen LogP contribution in [0.3, 0.4) is 0 Å². The van der Waals surface area contributed by atoms with Crippen molar-refractivity contribution in [3.63, 3.8) is 0 Å². The highest BCUT2D eigenvalue weighted by molar-refractivity contribution is 7.89. The van der Waals surface area contributed by atoms with Gasteiger partial charge >= 0.3 is 0 Å². The summed E-state index contributed by atoms with van der Waals surface area (Å²) in [5.41, 5.74) is 2.42. The average Bonchev–Trinajstić information content (AvgIpc) is 3.21. The van der Waals surface area contributed by atoms with E-state index in [0.29, 0.717) is 24.5 Å². The minimum Gasteiger partial charge on any atom is -0.246 e. The number of hydrogen-bond donors (Lipinski definition) is 0. The van der Waals surface area contributed by atoms with Gasteiger partial charge in [-0.3, -0.25) is 0 Å². The molecule has 0 atom stereocenters. The highest BCUT2D eigenvalue weighted by Gasteiger charge is 2.39. The molecule has 0 spiro atoms. The number of aryl methyl sites for hydroxylation is 2. The summed E-state index contributed by atoms with van der Waals surface area (Å²) in [6.45, 7) is 4.92. The molecule has 3 aromatic rings. The van der Waals surface area contributed by atoms with Crippen molar-refractivity contribution in [3.05, 3.63) is 53.6 Å². The molecule has 136 valence electrons. The molecule has 1 aromatic carbocycles. The summed E-state index contributed by atoms with van der Waals surface area (Å²) in [4.78, 5) is 1.90. The quantitative estimate of drug-likeness (QED) is 0.655. The van der Waals surface area contributed by atoms with E-state index < -0.39 is 10.0 Å². The minimum absolute atomic E-state index is 0.0123. The van der Waals surface area contributed by atoms with Crippen LogP contribution in [0.5, 0.6) is 0 Å². The first-order chi connectivity index (χ1) is 12.4. The topological polar surface area (TPSA) is 98.8 Å². The van der Waals surface area contributed by atoms with Gasteiger partial charge in [-0.2, -0.15) is 19.3 Å². The van der Waals surface area contributed by atoms with Crippen molar-refractivity contribution in [2.75, 3.05) is 13.1 Å². The van der Waals surface area contributed by atoms with E-state index in [2.05, 4.69) is 20.5 Å². The van der Waals surface area contributed by atoms with Crippen molar-refractivity contribution in [1.82, 2.24) is 34.3 Å². The Bertz CT molecular complexity index is 1020. The van der Waals surface area contributed by atoms with Gasteiger partial charge in [-0.05, 0) is 31.0 Å². The average molecular weight is 373 g/mol. The second-order valence-corrected chi connectivity index (χ2v) is 8.40. The first kappa shape index (κ1) is 16.9. The fraction of sp³-hybridized carbons (Fsp3) is 0.375. The molecule has 10 heteroatoms. The zero-order valence-electron chi connectivity index (χ0n) is 14.5. The van der Waals surface area contributed by atoms with Gasteiger partial charge in [0.15, 0.2) is 0 Å². The number of nitrogens with zero attached hydrogens (tertiary/aromatic N) is 7. The van der Waals surface area contributed by atoms with Gasteiger partial charge in [-0.25, -0.2) is 13.1 Å². The second kappa shape index (κ2) is 6.29. The molecule has 4 rings (SSSR count). The molecule has 1 aliphatic heterocycles. The van der Waals surface area contributed by atoms with Gasteiger partial charge in [0.2, 0.25) is 10.0 Å². The zero-order chi connectivity index (χ0) is 18.3. The first-order valence-electron chi connectivity index (χ1n) is 8.26. The van der Waals surface area contributed by atoms with Crippen LogP contribution in [0.1, 0.15) is 22.9 Å². The Morgan fingerprint density at radius 2 is 1.88 bits per heavy atom. The van der Waals surface area contributed by atoms with Crippen molar-refractivity contribution >= 4 is 10.0 Å². The van der Waals surface area contributed by atoms with Gasteiger partial charge in [-0.1, -0.05) is 17.3 Å². The number of aromatic nitrogens is 6. The maximum Gasteiger partial charge on any atom is 0.243 e. The molecule has 0 N–H and O–H groups in total. The van der Waals surface area contributed by atoms with Crippen molar-refractivity contribution in [3.8, 4) is 0 Å². The summed E-state index contributed by atoms with van der Waals surface area (Å²) >= 11 is 0. The number of hydrogen-bond acceptors (Lipinski definition) is 6. The van der Waals surface area contributed by atoms with Crippen LogP contribution in [0.2, 0.25) is 0 Å². The molecule has 0 bridgehead atoms. The van der Waals surface area contributed by atoms with E-state index in [9.17, 15) is 8.42 Å². The lowest BCUT2D eigenvalue weighted by atomic mass is 10.2. The van der Waals surface area contributed by atoms with E-state index in [4.69, 9.17) is 0 Å². The van der Waals surface area contributed by atoms with E-state index in [-0.39, 0.29) is 6.04 Å². The van der Waals surface area contributed by atoms with Crippen molar-refractivity contribution in [2.24, 2.45) is 0 Å². The van der Waals surface area contributed by atoms with Crippen LogP contribution in [-0.2, 0) is 16.6 Å². The third-order valence-electron chi connectivity index (χ3n) is 4.49. The Hall–Kier alpha value is -2.59. The smallest absolute Gasteiger partial charge is 0.243 e. The summed E-state index contributed by atoms with van der Waals surface area (Å²) in [7, 11) is -3.48. The first-order valence-corrected chi connectivity index (χ1v) is 9.70. The standard InChI is InChI=1S/C16H19N7O2S/c1-12-3-4-13(2)16(7-12)26(24,25)21-10-15(11-21)22-8-14(19-20-22)9-23-17-5-6-18-23/h3-8,15H,9-11H2,1-2H3. The Labute approximate surface area is 151 Å². The molecule has 1 fully saturated rings. The summed E-state index contributed by atoms with van der Waals surface area (Å²) in [6.07, 6.45) is 5.02. The maximum absolute atomic E-state index is 12.8. The zero-order valence-corrected chi connectivity index (χ0v) is 15.3. The van der Waals surface area contributed by atoms with E-state index >= 15 is 0 Å². The second-order valence-electron chi connectivity index (χ2n) is 6.49. The van der Waals surface area contributed by atoms with E-state index in [1.165, 1.54) is 9.10 Å². The van der Waals surface area contributed by atoms with Gasteiger partial charge in [0.05, 0.1) is 29.5 Å². The molecule has 2 aromatic heterocycles. The molecule has 1 aliphatic rings.